The number of ether oxygens (including phenoxy) is 1. The monoisotopic (exact) mass is 224 g/mol. The standard InChI is InChI=1S/C9H12N4OS/c10-6-7-8(11)12-15-9(7)13-2-1-4-14-5-3-13/h1-5H2,(H2,11,12). The predicted octanol–water partition coefficient (Wildman–Crippen LogP) is 0.824. The SMILES string of the molecule is N#Cc1c(N)nsc1N1CCCOCC1. The first kappa shape index (κ1) is 10.2. The molecular formula is C9H12N4OS. The van der Waals surface area contributed by atoms with Gasteiger partial charge in [0.1, 0.15) is 16.6 Å². The van der Waals surface area contributed by atoms with Crippen molar-refractivity contribution in [1.29, 1.82) is 5.26 Å². The number of anilines is 2. The van der Waals surface area contributed by atoms with Crippen LogP contribution >= 0.6 is 11.5 Å². The summed E-state index contributed by atoms with van der Waals surface area (Å²) in [6.07, 6.45) is 0.975. The molecule has 0 aliphatic carbocycles. The van der Waals surface area contributed by atoms with Crippen LogP contribution in [0.5, 0.6) is 0 Å². The van der Waals surface area contributed by atoms with Crippen LogP contribution < -0.4 is 10.6 Å². The predicted molar refractivity (Wildman–Crippen MR) is 58.9 cm³/mol. The van der Waals surface area contributed by atoms with Crippen molar-refractivity contribution in [3.63, 3.8) is 0 Å². The maximum absolute atomic E-state index is 8.97. The number of nitrogens with two attached hydrogens (primary N) is 1. The van der Waals surface area contributed by atoms with Crippen LogP contribution in [0.25, 0.3) is 0 Å². The minimum absolute atomic E-state index is 0.336. The van der Waals surface area contributed by atoms with Gasteiger partial charge in [0.2, 0.25) is 0 Å². The van der Waals surface area contributed by atoms with E-state index in [0.717, 1.165) is 31.1 Å². The van der Waals surface area contributed by atoms with Crippen LogP contribution in [0, 0.1) is 11.3 Å². The molecule has 2 rings (SSSR count). The first-order valence-corrected chi connectivity index (χ1v) is 5.58. The van der Waals surface area contributed by atoms with Gasteiger partial charge < -0.3 is 15.4 Å². The van der Waals surface area contributed by atoms with Gasteiger partial charge in [-0.2, -0.15) is 9.64 Å². The highest BCUT2D eigenvalue weighted by molar-refractivity contribution is 7.10. The summed E-state index contributed by atoms with van der Waals surface area (Å²) < 4.78 is 9.36. The lowest BCUT2D eigenvalue weighted by Crippen LogP contribution is -2.25. The molecule has 0 spiro atoms. The molecule has 1 aliphatic heterocycles. The molecule has 15 heavy (non-hydrogen) atoms. The molecule has 0 bridgehead atoms. The van der Waals surface area contributed by atoms with E-state index >= 15 is 0 Å². The number of nitrogens with zero attached hydrogens (tertiary/aromatic N) is 3. The van der Waals surface area contributed by atoms with Gasteiger partial charge in [0, 0.05) is 19.7 Å². The van der Waals surface area contributed by atoms with Crippen molar-refractivity contribution in [2.75, 3.05) is 36.9 Å². The van der Waals surface area contributed by atoms with Crippen molar-refractivity contribution < 1.29 is 4.74 Å². The van der Waals surface area contributed by atoms with Gasteiger partial charge in [-0.3, -0.25) is 0 Å². The van der Waals surface area contributed by atoms with E-state index in [9.17, 15) is 0 Å². The summed E-state index contributed by atoms with van der Waals surface area (Å²) in [4.78, 5) is 2.12. The van der Waals surface area contributed by atoms with Crippen molar-refractivity contribution in [3.05, 3.63) is 5.56 Å². The third-order valence-electron chi connectivity index (χ3n) is 2.32. The summed E-state index contributed by atoms with van der Waals surface area (Å²) >= 11 is 1.29. The highest BCUT2D eigenvalue weighted by Gasteiger charge is 2.18. The summed E-state index contributed by atoms with van der Waals surface area (Å²) in [7, 11) is 0. The first-order valence-electron chi connectivity index (χ1n) is 4.81. The maximum atomic E-state index is 8.97. The lowest BCUT2D eigenvalue weighted by molar-refractivity contribution is 0.152. The topological polar surface area (TPSA) is 75.2 Å². The Morgan fingerprint density at radius 3 is 3.13 bits per heavy atom. The molecule has 1 aromatic heterocycles. The van der Waals surface area contributed by atoms with Crippen molar-refractivity contribution in [2.24, 2.45) is 0 Å². The largest absolute Gasteiger partial charge is 0.382 e. The zero-order chi connectivity index (χ0) is 10.7. The smallest absolute Gasteiger partial charge is 0.157 e. The van der Waals surface area contributed by atoms with Crippen LogP contribution in [0.15, 0.2) is 0 Å². The van der Waals surface area contributed by atoms with E-state index in [1.165, 1.54) is 11.5 Å². The molecule has 5 nitrogen and oxygen atoms in total. The second-order valence-electron chi connectivity index (χ2n) is 3.31. The lowest BCUT2D eigenvalue weighted by Gasteiger charge is -2.19. The molecule has 2 heterocycles. The summed E-state index contributed by atoms with van der Waals surface area (Å²) in [6, 6.07) is 2.10. The molecule has 1 saturated heterocycles. The van der Waals surface area contributed by atoms with Crippen molar-refractivity contribution in [3.8, 4) is 6.07 Å². The molecule has 1 fully saturated rings. The third-order valence-corrected chi connectivity index (χ3v) is 3.24. The molecule has 1 aliphatic rings. The van der Waals surface area contributed by atoms with Crippen molar-refractivity contribution in [1.82, 2.24) is 4.37 Å². The minimum atomic E-state index is 0.336. The Morgan fingerprint density at radius 2 is 2.33 bits per heavy atom. The fourth-order valence-electron chi connectivity index (χ4n) is 1.56. The fraction of sp³-hybridized carbons (Fsp3) is 0.556. The maximum Gasteiger partial charge on any atom is 0.157 e. The van der Waals surface area contributed by atoms with Gasteiger partial charge in [-0.05, 0) is 18.0 Å². The molecular weight excluding hydrogens is 212 g/mol. The number of nitriles is 1. The number of rotatable bonds is 1. The summed E-state index contributed by atoms with van der Waals surface area (Å²) in [5.74, 6) is 0.336. The highest BCUT2D eigenvalue weighted by atomic mass is 32.1. The van der Waals surface area contributed by atoms with Crippen molar-refractivity contribution >= 4 is 22.4 Å². The zero-order valence-electron chi connectivity index (χ0n) is 8.27. The van der Waals surface area contributed by atoms with Gasteiger partial charge in [-0.15, -0.1) is 0 Å². The van der Waals surface area contributed by atoms with Crippen LogP contribution in [-0.4, -0.2) is 30.7 Å². The van der Waals surface area contributed by atoms with E-state index in [-0.39, 0.29) is 0 Å². The van der Waals surface area contributed by atoms with E-state index in [2.05, 4.69) is 15.3 Å². The highest BCUT2D eigenvalue weighted by Crippen LogP contribution is 2.30. The van der Waals surface area contributed by atoms with E-state index in [1.807, 2.05) is 0 Å². The summed E-state index contributed by atoms with van der Waals surface area (Å²) in [5.41, 5.74) is 6.12. The Bertz CT molecular complexity index is 376. The molecule has 0 amide bonds. The Labute approximate surface area is 92.2 Å². The van der Waals surface area contributed by atoms with Crippen LogP contribution in [0.3, 0.4) is 0 Å². The molecule has 0 unspecified atom stereocenters. The van der Waals surface area contributed by atoms with Gasteiger partial charge in [-0.1, -0.05) is 0 Å². The second-order valence-corrected chi connectivity index (χ2v) is 4.06. The minimum Gasteiger partial charge on any atom is -0.382 e. The molecule has 1 aromatic rings. The Morgan fingerprint density at radius 1 is 1.47 bits per heavy atom. The zero-order valence-corrected chi connectivity index (χ0v) is 9.09. The van der Waals surface area contributed by atoms with Gasteiger partial charge in [0.25, 0.3) is 0 Å². The molecule has 6 heteroatoms. The van der Waals surface area contributed by atoms with E-state index in [1.54, 1.807) is 0 Å². The van der Waals surface area contributed by atoms with E-state index in [4.69, 9.17) is 15.7 Å². The number of nitrogen functional groups attached to an aromatic ring is 1. The van der Waals surface area contributed by atoms with Gasteiger partial charge in [0.05, 0.1) is 6.61 Å². The van der Waals surface area contributed by atoms with Crippen LogP contribution in [0.1, 0.15) is 12.0 Å². The molecule has 0 radical (unpaired) electrons. The number of aromatic nitrogens is 1. The average Bonchev–Trinajstić information content (AvgIpc) is 2.48. The molecule has 0 aromatic carbocycles. The summed E-state index contributed by atoms with van der Waals surface area (Å²) in [5, 5.41) is 9.84. The number of hydrogen-bond donors (Lipinski definition) is 1. The Balaban J connectivity index is 2.24. The van der Waals surface area contributed by atoms with Crippen LogP contribution in [0.2, 0.25) is 0 Å². The molecule has 0 atom stereocenters. The van der Waals surface area contributed by atoms with Crippen molar-refractivity contribution in [2.45, 2.75) is 6.42 Å². The van der Waals surface area contributed by atoms with Crippen LogP contribution in [0.4, 0.5) is 10.8 Å². The lowest BCUT2D eigenvalue weighted by atomic mass is 10.3. The molecule has 80 valence electrons. The molecule has 0 saturated carbocycles. The Kier molecular flexibility index (Phi) is 3.04. The average molecular weight is 224 g/mol. The number of hydrogen-bond acceptors (Lipinski definition) is 6. The first-order chi connectivity index (χ1) is 7.33. The summed E-state index contributed by atoms with van der Waals surface area (Å²) in [6.45, 7) is 3.18. The van der Waals surface area contributed by atoms with Gasteiger partial charge >= 0.3 is 0 Å². The third kappa shape index (κ3) is 2.03. The van der Waals surface area contributed by atoms with Gasteiger partial charge in [0.15, 0.2) is 5.82 Å². The van der Waals surface area contributed by atoms with E-state index in [0.29, 0.717) is 18.0 Å². The fourth-order valence-corrected chi connectivity index (χ4v) is 2.38. The normalized spacial score (nSPS) is 17.1. The molecule has 2 N–H and O–H groups in total. The quantitative estimate of drug-likeness (QED) is 0.764. The Hall–Kier alpha value is -1.32. The van der Waals surface area contributed by atoms with Crippen LogP contribution in [-0.2, 0) is 4.74 Å². The van der Waals surface area contributed by atoms with Gasteiger partial charge in [-0.25, -0.2) is 0 Å². The van der Waals surface area contributed by atoms with E-state index < -0.39 is 0 Å². The second kappa shape index (κ2) is 4.47.